The predicted molar refractivity (Wildman–Crippen MR) is 82.6 cm³/mol. The van der Waals surface area contributed by atoms with Crippen molar-refractivity contribution in [3.05, 3.63) is 40.1 Å². The molecule has 0 radical (unpaired) electrons. The van der Waals surface area contributed by atoms with E-state index in [-0.39, 0.29) is 17.6 Å². The largest absolute Gasteiger partial charge is 0.511 e. The minimum Gasteiger partial charge on any atom is -0.504 e. The van der Waals surface area contributed by atoms with Crippen molar-refractivity contribution in [2.45, 2.75) is 33.3 Å². The van der Waals surface area contributed by atoms with Gasteiger partial charge in [-0.2, -0.15) is 0 Å². The average molecular weight is 305 g/mol. The van der Waals surface area contributed by atoms with Crippen LogP contribution in [0.3, 0.4) is 0 Å². The highest BCUT2D eigenvalue weighted by atomic mass is 16.7. The number of nitrogens with one attached hydrogen (secondary N) is 1. The Morgan fingerprint density at radius 1 is 1.41 bits per heavy atom. The maximum absolute atomic E-state index is 10.6. The first-order valence-corrected chi connectivity index (χ1v) is 7.02. The summed E-state index contributed by atoms with van der Waals surface area (Å²) in [4.78, 5) is 10.6. The van der Waals surface area contributed by atoms with Gasteiger partial charge in [0.05, 0.1) is 18.1 Å². The van der Waals surface area contributed by atoms with E-state index >= 15 is 0 Å². The molecule has 1 aromatic carbocycles. The molecule has 1 aromatic rings. The molecule has 118 valence electrons. The minimum absolute atomic E-state index is 0.0733. The summed E-state index contributed by atoms with van der Waals surface area (Å²) in [6.45, 7) is 5.87. The van der Waals surface area contributed by atoms with E-state index < -0.39 is 6.16 Å². The van der Waals surface area contributed by atoms with Gasteiger partial charge >= 0.3 is 6.16 Å². The van der Waals surface area contributed by atoms with Crippen molar-refractivity contribution in [1.82, 2.24) is 0 Å². The summed E-state index contributed by atoms with van der Waals surface area (Å²) < 4.78 is 10.1. The highest BCUT2D eigenvalue weighted by Gasteiger charge is 2.17. The number of carbonyl (C=O) groups is 1. The summed E-state index contributed by atoms with van der Waals surface area (Å²) in [6, 6.07) is 3.65. The Kier molecular flexibility index (Phi) is 4.60. The van der Waals surface area contributed by atoms with Crippen molar-refractivity contribution >= 4 is 23.9 Å². The molecule has 3 N–H and O–H groups in total. The summed E-state index contributed by atoms with van der Waals surface area (Å²) in [6.07, 6.45) is 2.34. The first-order valence-electron chi connectivity index (χ1n) is 7.02. The smallest absolute Gasteiger partial charge is 0.504 e. The molecule has 0 bridgehead atoms. The summed E-state index contributed by atoms with van der Waals surface area (Å²) in [5.41, 5.74) is 1.63. The zero-order chi connectivity index (χ0) is 16.3. The number of anilines is 1. The van der Waals surface area contributed by atoms with Gasteiger partial charge in [0.25, 0.3) is 0 Å². The molecule has 6 nitrogen and oxygen atoms in total. The highest BCUT2D eigenvalue weighted by molar-refractivity contribution is 5.71. The van der Waals surface area contributed by atoms with E-state index in [4.69, 9.17) is 9.84 Å². The second kappa shape index (κ2) is 6.43. The average Bonchev–Trinajstić information content (AvgIpc) is 2.47. The lowest BCUT2D eigenvalue weighted by atomic mass is 10.0. The predicted octanol–water partition coefficient (Wildman–Crippen LogP) is 2.04. The van der Waals surface area contributed by atoms with Crippen LogP contribution in [0.1, 0.15) is 26.3 Å². The number of hydrogen-bond donors (Lipinski definition) is 3. The number of ether oxygens (including phenoxy) is 2. The molecule has 2 rings (SSSR count). The van der Waals surface area contributed by atoms with Gasteiger partial charge in [-0.1, -0.05) is 6.92 Å². The van der Waals surface area contributed by atoms with Crippen LogP contribution in [0.2, 0.25) is 0 Å². The van der Waals surface area contributed by atoms with Crippen LogP contribution in [0.25, 0.3) is 12.0 Å². The normalized spacial score (nSPS) is 14.3. The van der Waals surface area contributed by atoms with Gasteiger partial charge in [0.2, 0.25) is 0 Å². The van der Waals surface area contributed by atoms with Gasteiger partial charge in [0.1, 0.15) is 0 Å². The second-order valence-electron chi connectivity index (χ2n) is 5.12. The van der Waals surface area contributed by atoms with Gasteiger partial charge in [-0.05, 0) is 38.0 Å². The molecule has 6 heteroatoms. The van der Waals surface area contributed by atoms with Gasteiger partial charge < -0.3 is 25.0 Å². The molecule has 0 aromatic heterocycles. The van der Waals surface area contributed by atoms with Gasteiger partial charge in [-0.15, -0.1) is 0 Å². The first-order chi connectivity index (χ1) is 10.4. The number of benzene rings is 1. The third-order valence-corrected chi connectivity index (χ3v) is 3.17. The molecule has 1 heterocycles. The molecule has 0 amide bonds. The van der Waals surface area contributed by atoms with Crippen molar-refractivity contribution in [2.24, 2.45) is 0 Å². The molecule has 0 unspecified atom stereocenters. The van der Waals surface area contributed by atoms with Gasteiger partial charge in [0, 0.05) is 16.6 Å². The molecule has 1 aliphatic rings. The van der Waals surface area contributed by atoms with E-state index in [1.807, 2.05) is 26.8 Å². The number of rotatable bonds is 4. The van der Waals surface area contributed by atoms with Crippen LogP contribution >= 0.6 is 0 Å². The Morgan fingerprint density at radius 2 is 2.14 bits per heavy atom. The topological polar surface area (TPSA) is 88.0 Å². The van der Waals surface area contributed by atoms with Crippen molar-refractivity contribution < 1.29 is 24.5 Å². The fourth-order valence-corrected chi connectivity index (χ4v) is 2.12. The molecule has 22 heavy (non-hydrogen) atoms. The van der Waals surface area contributed by atoms with Crippen LogP contribution in [0.5, 0.6) is 0 Å². The van der Waals surface area contributed by atoms with Crippen LogP contribution in [0.15, 0.2) is 24.1 Å². The molecule has 0 saturated carbocycles. The Bertz CT molecular complexity index is 734. The van der Waals surface area contributed by atoms with Crippen LogP contribution < -0.4 is 15.8 Å². The standard InChI is InChI=1S/C16H19NO5/c1-4-10-5-12-13(6-11(10)8-21-9(2)3)17-7-14(15(12)18)22-16(19)20/h5-9,17-18H,4H2,1-3H3,(H,19,20). The zero-order valence-corrected chi connectivity index (χ0v) is 12.7. The number of aliphatic hydroxyl groups is 1. The Balaban J connectivity index is 2.54. The van der Waals surface area contributed by atoms with Gasteiger partial charge in [0.15, 0.2) is 11.5 Å². The van der Waals surface area contributed by atoms with Crippen molar-refractivity contribution in [1.29, 1.82) is 0 Å². The molecule has 0 fully saturated rings. The third kappa shape index (κ3) is 3.33. The second-order valence-corrected chi connectivity index (χ2v) is 5.12. The van der Waals surface area contributed by atoms with Crippen LogP contribution in [0, 0.1) is 0 Å². The monoisotopic (exact) mass is 305 g/mol. The van der Waals surface area contributed by atoms with Gasteiger partial charge in [-0.3, -0.25) is 0 Å². The van der Waals surface area contributed by atoms with Crippen molar-refractivity contribution in [3.63, 3.8) is 0 Å². The molecule has 0 atom stereocenters. The zero-order valence-electron chi connectivity index (χ0n) is 12.7. The molecular formula is C16H19NO5. The summed E-state index contributed by atoms with van der Waals surface area (Å²) in [5.74, 6) is -0.334. The highest BCUT2D eigenvalue weighted by Crippen LogP contribution is 2.16. The van der Waals surface area contributed by atoms with E-state index in [0.29, 0.717) is 10.9 Å². The maximum Gasteiger partial charge on any atom is 0.511 e. The third-order valence-electron chi connectivity index (χ3n) is 3.17. The molecule has 0 spiro atoms. The molecule has 0 aliphatic carbocycles. The molecular weight excluding hydrogens is 286 g/mol. The van der Waals surface area contributed by atoms with Crippen LogP contribution in [-0.2, 0) is 15.9 Å². The van der Waals surface area contributed by atoms with Crippen LogP contribution in [0.4, 0.5) is 10.5 Å². The van der Waals surface area contributed by atoms with E-state index in [1.165, 1.54) is 6.20 Å². The lowest BCUT2D eigenvalue weighted by Crippen LogP contribution is -2.25. The maximum atomic E-state index is 10.6. The number of hydrogen-bond acceptors (Lipinski definition) is 5. The van der Waals surface area contributed by atoms with E-state index in [0.717, 1.165) is 17.2 Å². The van der Waals surface area contributed by atoms with Crippen LogP contribution in [-0.4, -0.2) is 22.5 Å². The molecule has 0 saturated heterocycles. The minimum atomic E-state index is -1.48. The van der Waals surface area contributed by atoms with E-state index in [9.17, 15) is 9.90 Å². The molecule has 1 aliphatic heterocycles. The summed E-state index contributed by atoms with van der Waals surface area (Å²) in [7, 11) is 0. The van der Waals surface area contributed by atoms with E-state index in [1.54, 1.807) is 12.3 Å². The summed E-state index contributed by atoms with van der Waals surface area (Å²) >= 11 is 0. The quantitative estimate of drug-likeness (QED) is 0.738. The Hall–Kier alpha value is -2.63. The number of carboxylic acid groups (broad SMARTS) is 1. The van der Waals surface area contributed by atoms with Crippen molar-refractivity contribution in [3.8, 4) is 0 Å². The number of aryl methyl sites for hydroxylation is 1. The lowest BCUT2D eigenvalue weighted by Gasteiger charge is -2.15. The van der Waals surface area contributed by atoms with Crippen molar-refractivity contribution in [2.75, 3.05) is 5.32 Å². The first kappa shape index (κ1) is 15.8. The number of fused-ring (bicyclic) bond motifs is 1. The Labute approximate surface area is 128 Å². The fraction of sp³-hybridized carbons (Fsp3) is 0.312. The SMILES string of the molecule is CCc1cc2c(cc1=COC(C)C)NC=C(OC(=O)O)C=2O. The lowest BCUT2D eigenvalue weighted by molar-refractivity contribution is 0.119. The fourth-order valence-electron chi connectivity index (χ4n) is 2.12. The summed E-state index contributed by atoms with van der Waals surface area (Å²) in [5, 5.41) is 23.2. The number of aliphatic hydroxyl groups excluding tert-OH is 1. The Morgan fingerprint density at radius 3 is 2.73 bits per heavy atom. The van der Waals surface area contributed by atoms with Gasteiger partial charge in [-0.25, -0.2) is 4.79 Å². The van der Waals surface area contributed by atoms with E-state index in [2.05, 4.69) is 10.1 Å².